The van der Waals surface area contributed by atoms with Gasteiger partial charge in [0.25, 0.3) is 0 Å². The lowest BCUT2D eigenvalue weighted by Gasteiger charge is -2.35. The predicted octanol–water partition coefficient (Wildman–Crippen LogP) is 2.03. The summed E-state index contributed by atoms with van der Waals surface area (Å²) in [6.45, 7) is 10.4. The zero-order valence-electron chi connectivity index (χ0n) is 22.8. The van der Waals surface area contributed by atoms with Crippen molar-refractivity contribution in [2.45, 2.75) is 78.5 Å². The van der Waals surface area contributed by atoms with Gasteiger partial charge in [0, 0.05) is 13.0 Å². The summed E-state index contributed by atoms with van der Waals surface area (Å²) in [5, 5.41) is 5.07. The van der Waals surface area contributed by atoms with Crippen LogP contribution in [0.4, 0.5) is 4.79 Å². The molecular weight excluding hydrogens is 480 g/mol. The van der Waals surface area contributed by atoms with Gasteiger partial charge in [-0.25, -0.2) is 4.79 Å². The number of hydrogen-bond donors (Lipinski definition) is 3. The topological polar surface area (TPSA) is 157 Å². The van der Waals surface area contributed by atoms with Crippen LogP contribution in [0.5, 0.6) is 0 Å². The average molecular weight is 521 g/mol. The van der Waals surface area contributed by atoms with Crippen molar-refractivity contribution >= 4 is 29.8 Å². The van der Waals surface area contributed by atoms with E-state index >= 15 is 0 Å². The summed E-state index contributed by atoms with van der Waals surface area (Å²) in [4.78, 5) is 64.4. The van der Waals surface area contributed by atoms with Gasteiger partial charge < -0.3 is 30.7 Å². The van der Waals surface area contributed by atoms with Crippen molar-refractivity contribution in [3.05, 3.63) is 34.9 Å². The molecule has 0 spiro atoms. The van der Waals surface area contributed by atoms with E-state index in [2.05, 4.69) is 15.4 Å². The van der Waals surface area contributed by atoms with Crippen LogP contribution in [0.1, 0.15) is 69.7 Å². The summed E-state index contributed by atoms with van der Waals surface area (Å²) in [6.07, 6.45) is -0.608. The number of alkyl carbamates (subject to hydrolysis) is 1. The normalized spacial score (nSPS) is 12.6. The van der Waals surface area contributed by atoms with Crippen LogP contribution < -0.4 is 16.4 Å². The number of nitrogens with two attached hydrogens (primary N) is 1. The van der Waals surface area contributed by atoms with Gasteiger partial charge in [0.2, 0.25) is 17.7 Å². The molecule has 11 nitrogen and oxygen atoms in total. The van der Waals surface area contributed by atoms with E-state index in [4.69, 9.17) is 10.5 Å². The van der Waals surface area contributed by atoms with E-state index in [0.717, 1.165) is 11.1 Å². The van der Waals surface area contributed by atoms with Gasteiger partial charge in [-0.3, -0.25) is 19.2 Å². The smallest absolute Gasteiger partial charge is 0.408 e. The molecule has 0 aliphatic carbocycles. The molecule has 0 fully saturated rings. The molecule has 0 aliphatic rings. The largest absolute Gasteiger partial charge is 0.468 e. The predicted molar refractivity (Wildman–Crippen MR) is 137 cm³/mol. The Balaban J connectivity index is 3.51. The number of nitrogens with one attached hydrogen (secondary N) is 2. The summed E-state index contributed by atoms with van der Waals surface area (Å²) >= 11 is 0. The molecule has 4 amide bonds. The molecule has 0 saturated heterocycles. The molecule has 2 atom stereocenters. The number of carbonyl (C=O) groups is 5. The van der Waals surface area contributed by atoms with E-state index in [-0.39, 0.29) is 25.9 Å². The number of benzene rings is 1. The molecule has 37 heavy (non-hydrogen) atoms. The quantitative estimate of drug-likeness (QED) is 0.356. The van der Waals surface area contributed by atoms with Crippen LogP contribution in [0.25, 0.3) is 0 Å². The second kappa shape index (κ2) is 14.2. The molecule has 0 radical (unpaired) electrons. The van der Waals surface area contributed by atoms with E-state index in [1.54, 1.807) is 32.9 Å². The van der Waals surface area contributed by atoms with Gasteiger partial charge in [0.15, 0.2) is 0 Å². The number of amides is 4. The van der Waals surface area contributed by atoms with Gasteiger partial charge >= 0.3 is 12.1 Å². The highest BCUT2D eigenvalue weighted by atomic mass is 16.6. The van der Waals surface area contributed by atoms with Crippen LogP contribution in [0, 0.1) is 13.8 Å². The Kier molecular flexibility index (Phi) is 12.0. The van der Waals surface area contributed by atoms with Gasteiger partial charge in [-0.2, -0.15) is 0 Å². The maximum atomic E-state index is 13.9. The summed E-state index contributed by atoms with van der Waals surface area (Å²) in [5.74, 6) is -2.47. The summed E-state index contributed by atoms with van der Waals surface area (Å²) in [7, 11) is 1.20. The molecule has 0 saturated carbocycles. The SMILES string of the molecule is CCCN(C(=O)C(CCC(N)=O)NC(=O)OC(C)(C)C)C(C(=O)NCC(=O)OC)c1cccc(C)c1C. The molecule has 1 rings (SSSR count). The number of carbonyl (C=O) groups excluding carboxylic acids is 5. The molecule has 11 heteroatoms. The van der Waals surface area contributed by atoms with Crippen molar-refractivity contribution in [3.63, 3.8) is 0 Å². The standard InChI is InChI=1S/C26H40N4O7/c1-8-14-30(24(34)19(12-13-20(27)31)29-25(35)37-26(4,5)6)22(23(33)28-15-21(32)36-7)18-11-9-10-16(2)17(18)3/h9-11,19,22H,8,12-15H2,1-7H3,(H2,27,31)(H,28,33)(H,29,35). The van der Waals surface area contributed by atoms with Crippen molar-refractivity contribution in [2.75, 3.05) is 20.2 Å². The van der Waals surface area contributed by atoms with Gasteiger partial charge in [0.1, 0.15) is 24.2 Å². The first-order chi connectivity index (χ1) is 17.2. The molecule has 0 aromatic heterocycles. The van der Waals surface area contributed by atoms with Crippen molar-refractivity contribution in [1.29, 1.82) is 0 Å². The lowest BCUT2D eigenvalue weighted by Crippen LogP contribution is -2.53. The lowest BCUT2D eigenvalue weighted by atomic mass is 9.94. The first kappa shape index (κ1) is 31.4. The number of esters is 1. The first-order valence-electron chi connectivity index (χ1n) is 12.2. The summed E-state index contributed by atoms with van der Waals surface area (Å²) in [6, 6.07) is 3.09. The number of hydrogen-bond acceptors (Lipinski definition) is 7. The average Bonchev–Trinajstić information content (AvgIpc) is 2.80. The van der Waals surface area contributed by atoms with E-state index in [1.165, 1.54) is 12.0 Å². The Bertz CT molecular complexity index is 988. The Morgan fingerprint density at radius 3 is 2.30 bits per heavy atom. The molecular formula is C26H40N4O7. The number of ether oxygens (including phenoxy) is 2. The fourth-order valence-corrected chi connectivity index (χ4v) is 3.65. The van der Waals surface area contributed by atoms with Crippen molar-refractivity contribution in [2.24, 2.45) is 5.73 Å². The minimum atomic E-state index is -1.19. The molecule has 4 N–H and O–H groups in total. The van der Waals surface area contributed by atoms with Crippen LogP contribution in [0.15, 0.2) is 18.2 Å². The minimum absolute atomic E-state index is 0.0864. The van der Waals surface area contributed by atoms with Gasteiger partial charge in [-0.1, -0.05) is 25.1 Å². The fraction of sp³-hybridized carbons (Fsp3) is 0.577. The van der Waals surface area contributed by atoms with Crippen LogP contribution in [-0.4, -0.2) is 66.5 Å². The number of primary amides is 1. The molecule has 0 bridgehead atoms. The molecule has 206 valence electrons. The zero-order valence-corrected chi connectivity index (χ0v) is 22.8. The number of methoxy groups -OCH3 is 1. The molecule has 0 aliphatic heterocycles. The molecule has 0 heterocycles. The van der Waals surface area contributed by atoms with Crippen LogP contribution >= 0.6 is 0 Å². The van der Waals surface area contributed by atoms with Crippen molar-refractivity contribution < 1.29 is 33.4 Å². The van der Waals surface area contributed by atoms with Crippen LogP contribution in [0.2, 0.25) is 0 Å². The van der Waals surface area contributed by atoms with E-state index in [9.17, 15) is 24.0 Å². The fourth-order valence-electron chi connectivity index (χ4n) is 3.65. The zero-order chi connectivity index (χ0) is 28.3. The molecule has 1 aromatic carbocycles. The van der Waals surface area contributed by atoms with Crippen molar-refractivity contribution in [3.8, 4) is 0 Å². The Labute approximate surface area is 218 Å². The van der Waals surface area contributed by atoms with Gasteiger partial charge in [-0.15, -0.1) is 0 Å². The van der Waals surface area contributed by atoms with Gasteiger partial charge in [0.05, 0.1) is 7.11 Å². The third kappa shape index (κ3) is 10.1. The highest BCUT2D eigenvalue weighted by molar-refractivity contribution is 5.93. The summed E-state index contributed by atoms with van der Waals surface area (Å²) in [5.41, 5.74) is 6.76. The minimum Gasteiger partial charge on any atom is -0.468 e. The number of rotatable bonds is 12. The Hall–Kier alpha value is -3.63. The Morgan fingerprint density at radius 1 is 1.11 bits per heavy atom. The first-order valence-corrected chi connectivity index (χ1v) is 12.2. The van der Waals surface area contributed by atoms with E-state index in [1.807, 2.05) is 26.8 Å². The number of aryl methyl sites for hydroxylation is 1. The van der Waals surface area contributed by atoms with Crippen LogP contribution in [-0.2, 0) is 28.7 Å². The van der Waals surface area contributed by atoms with Gasteiger partial charge in [-0.05, 0) is 64.2 Å². The highest BCUT2D eigenvalue weighted by Gasteiger charge is 2.37. The third-order valence-corrected chi connectivity index (χ3v) is 5.55. The maximum Gasteiger partial charge on any atom is 0.408 e. The molecule has 1 aromatic rings. The Morgan fingerprint density at radius 2 is 1.76 bits per heavy atom. The third-order valence-electron chi connectivity index (χ3n) is 5.55. The monoisotopic (exact) mass is 520 g/mol. The summed E-state index contributed by atoms with van der Waals surface area (Å²) < 4.78 is 9.92. The second-order valence-electron chi connectivity index (χ2n) is 9.72. The van der Waals surface area contributed by atoms with Crippen molar-refractivity contribution in [1.82, 2.24) is 15.5 Å². The van der Waals surface area contributed by atoms with Crippen LogP contribution in [0.3, 0.4) is 0 Å². The molecule has 2 unspecified atom stereocenters. The lowest BCUT2D eigenvalue weighted by molar-refractivity contribution is -0.144. The second-order valence-corrected chi connectivity index (χ2v) is 9.72. The number of nitrogens with zero attached hydrogens (tertiary/aromatic N) is 1. The highest BCUT2D eigenvalue weighted by Crippen LogP contribution is 2.28. The van der Waals surface area contributed by atoms with E-state index in [0.29, 0.717) is 12.0 Å². The van der Waals surface area contributed by atoms with E-state index < -0.39 is 47.5 Å². The maximum absolute atomic E-state index is 13.9.